The fraction of sp³-hybridized carbons (Fsp3) is 0.565. The molecule has 10 nitrogen and oxygen atoms in total. The van der Waals surface area contributed by atoms with Crippen LogP contribution in [0, 0.1) is 6.92 Å². The quantitative estimate of drug-likeness (QED) is 0.270. The Morgan fingerprint density at radius 3 is 2.48 bits per heavy atom. The number of esters is 1. The molecular weight excluding hydrogens is 436 g/mol. The minimum absolute atomic E-state index is 0.00847. The second-order valence-electron chi connectivity index (χ2n) is 8.38. The highest BCUT2D eigenvalue weighted by Crippen LogP contribution is 2.45. The topological polar surface area (TPSA) is 163 Å². The lowest BCUT2D eigenvalue weighted by molar-refractivity contribution is -0.232. The van der Waals surface area contributed by atoms with E-state index in [4.69, 9.17) is 19.3 Å². The Bertz CT molecular complexity index is 951. The number of aliphatic carboxylic acids is 1. The van der Waals surface area contributed by atoms with Gasteiger partial charge in [0.15, 0.2) is 0 Å². The minimum atomic E-state index is -1.62. The second kappa shape index (κ2) is 10.2. The van der Waals surface area contributed by atoms with E-state index in [0.29, 0.717) is 28.9 Å². The molecule has 1 aromatic rings. The molecule has 0 saturated carbocycles. The summed E-state index contributed by atoms with van der Waals surface area (Å²) in [6.45, 7) is 2.97. The van der Waals surface area contributed by atoms with E-state index in [9.17, 15) is 30.0 Å². The number of carboxylic acids is 1. The van der Waals surface area contributed by atoms with Crippen LogP contribution in [0.15, 0.2) is 11.6 Å². The first-order valence-corrected chi connectivity index (χ1v) is 10.7. The number of rotatable bonds is 8. The molecule has 2 heterocycles. The van der Waals surface area contributed by atoms with Crippen molar-refractivity contribution in [2.75, 3.05) is 13.7 Å². The fourth-order valence-electron chi connectivity index (χ4n) is 4.43. The summed E-state index contributed by atoms with van der Waals surface area (Å²) in [5.74, 6) is -1.09. The standard InChI is InChI=1S/C23H30O10/c1-10(5-7-15(25)26)4-6-12-16(22-20(29)19(28)18(27)14(8-24)33-22)17-13(9-32-23(17)30)11(2)21(12)31-3/h4,14,18-20,22,24,27-29H,5-9H2,1-3H3,(H,25,26)/b10-4+/t14-,18-,19+,20-,22+/m1/s1. The molecule has 0 aromatic heterocycles. The van der Waals surface area contributed by atoms with E-state index in [0.717, 1.165) is 5.57 Å². The highest BCUT2D eigenvalue weighted by Gasteiger charge is 2.47. The zero-order chi connectivity index (χ0) is 24.4. The lowest BCUT2D eigenvalue weighted by Crippen LogP contribution is -2.55. The van der Waals surface area contributed by atoms with Crippen molar-refractivity contribution in [3.05, 3.63) is 39.5 Å². The van der Waals surface area contributed by atoms with Crippen molar-refractivity contribution in [1.29, 1.82) is 0 Å². The molecule has 182 valence electrons. The monoisotopic (exact) mass is 466 g/mol. The lowest BCUT2D eigenvalue weighted by Gasteiger charge is -2.41. The van der Waals surface area contributed by atoms with Gasteiger partial charge in [-0.3, -0.25) is 4.79 Å². The highest BCUT2D eigenvalue weighted by molar-refractivity contribution is 5.97. The summed E-state index contributed by atoms with van der Waals surface area (Å²) in [5, 5.41) is 49.9. The van der Waals surface area contributed by atoms with E-state index in [1.165, 1.54) is 7.11 Å². The summed E-state index contributed by atoms with van der Waals surface area (Å²) in [7, 11) is 1.47. The van der Waals surface area contributed by atoms with Crippen molar-refractivity contribution in [1.82, 2.24) is 0 Å². The molecule has 0 radical (unpaired) electrons. The Kier molecular flexibility index (Phi) is 7.76. The molecule has 10 heteroatoms. The summed E-state index contributed by atoms with van der Waals surface area (Å²) in [5.41, 5.74) is 3.02. The van der Waals surface area contributed by atoms with Gasteiger partial charge in [0.2, 0.25) is 0 Å². The molecule has 33 heavy (non-hydrogen) atoms. The van der Waals surface area contributed by atoms with Gasteiger partial charge in [-0.2, -0.15) is 0 Å². The molecule has 0 amide bonds. The predicted molar refractivity (Wildman–Crippen MR) is 114 cm³/mol. The predicted octanol–water partition coefficient (Wildman–Crippen LogP) is 0.543. The first kappa shape index (κ1) is 25.1. The lowest BCUT2D eigenvalue weighted by atomic mass is 9.82. The highest BCUT2D eigenvalue weighted by atomic mass is 16.5. The molecule has 0 aliphatic carbocycles. The number of hydrogen-bond donors (Lipinski definition) is 5. The minimum Gasteiger partial charge on any atom is -0.496 e. The second-order valence-corrected chi connectivity index (χ2v) is 8.38. The molecule has 0 bridgehead atoms. The third kappa shape index (κ3) is 4.75. The van der Waals surface area contributed by atoms with Gasteiger partial charge in [-0.05, 0) is 32.3 Å². The Hall–Kier alpha value is -2.50. The molecule has 0 spiro atoms. The van der Waals surface area contributed by atoms with Crippen LogP contribution in [0.3, 0.4) is 0 Å². The molecule has 3 rings (SSSR count). The summed E-state index contributed by atoms with van der Waals surface area (Å²) in [6, 6.07) is 0. The van der Waals surface area contributed by atoms with Crippen LogP contribution in [0.4, 0.5) is 0 Å². The van der Waals surface area contributed by atoms with Gasteiger partial charge in [-0.1, -0.05) is 11.6 Å². The third-order valence-electron chi connectivity index (χ3n) is 6.28. The molecule has 2 aliphatic rings. The van der Waals surface area contributed by atoms with Crippen LogP contribution >= 0.6 is 0 Å². The summed E-state index contributed by atoms with van der Waals surface area (Å²) in [4.78, 5) is 23.6. The Labute approximate surface area is 191 Å². The van der Waals surface area contributed by atoms with Crippen LogP contribution < -0.4 is 4.74 Å². The fourth-order valence-corrected chi connectivity index (χ4v) is 4.43. The van der Waals surface area contributed by atoms with Gasteiger partial charge in [0.1, 0.15) is 42.9 Å². The molecule has 0 unspecified atom stereocenters. The Morgan fingerprint density at radius 2 is 1.88 bits per heavy atom. The van der Waals surface area contributed by atoms with Gasteiger partial charge in [0.05, 0.1) is 19.3 Å². The maximum atomic E-state index is 12.7. The first-order valence-electron chi connectivity index (χ1n) is 10.7. The van der Waals surface area contributed by atoms with Crippen LogP contribution in [-0.4, -0.2) is 75.6 Å². The Balaban J connectivity index is 2.17. The number of aliphatic hydroxyl groups is 4. The zero-order valence-electron chi connectivity index (χ0n) is 18.8. The SMILES string of the molecule is COc1c(C)c2c(c([C@@H]3O[C@H](CO)[C@@H](O)[C@H](O)[C@H]3O)c1C/C=C(\C)CCC(=O)O)C(=O)OC2. The van der Waals surface area contributed by atoms with E-state index in [1.54, 1.807) is 19.9 Å². The van der Waals surface area contributed by atoms with Crippen LogP contribution in [0.2, 0.25) is 0 Å². The number of fused-ring (bicyclic) bond motifs is 1. The maximum absolute atomic E-state index is 12.7. The normalized spacial score (nSPS) is 27.3. The largest absolute Gasteiger partial charge is 0.496 e. The number of allylic oxidation sites excluding steroid dienone is 2. The third-order valence-corrected chi connectivity index (χ3v) is 6.28. The van der Waals surface area contributed by atoms with Gasteiger partial charge in [0.25, 0.3) is 0 Å². The zero-order valence-corrected chi connectivity index (χ0v) is 18.8. The number of ether oxygens (including phenoxy) is 3. The van der Waals surface area contributed by atoms with E-state index >= 15 is 0 Å². The molecule has 2 aliphatic heterocycles. The average Bonchev–Trinajstić information content (AvgIpc) is 3.17. The molecule has 1 aromatic carbocycles. The molecule has 1 saturated heterocycles. The van der Waals surface area contributed by atoms with Crippen LogP contribution in [-0.2, 0) is 27.3 Å². The van der Waals surface area contributed by atoms with E-state index in [2.05, 4.69) is 0 Å². The van der Waals surface area contributed by atoms with Gasteiger partial charge < -0.3 is 39.7 Å². The van der Waals surface area contributed by atoms with Crippen molar-refractivity contribution < 1.29 is 49.3 Å². The number of hydrogen-bond acceptors (Lipinski definition) is 9. The summed E-state index contributed by atoms with van der Waals surface area (Å²) in [6.07, 6.45) is -4.85. The number of carboxylic acid groups (broad SMARTS) is 1. The van der Waals surface area contributed by atoms with Crippen LogP contribution in [0.1, 0.15) is 58.5 Å². The van der Waals surface area contributed by atoms with Gasteiger partial charge in [-0.15, -0.1) is 0 Å². The number of aliphatic hydroxyl groups excluding tert-OH is 4. The molecule has 1 fully saturated rings. The van der Waals surface area contributed by atoms with Crippen molar-refractivity contribution in [2.45, 2.75) is 70.2 Å². The van der Waals surface area contributed by atoms with Crippen molar-refractivity contribution in [3.63, 3.8) is 0 Å². The number of benzene rings is 1. The van der Waals surface area contributed by atoms with Crippen molar-refractivity contribution >= 4 is 11.9 Å². The number of carbonyl (C=O) groups is 2. The van der Waals surface area contributed by atoms with Gasteiger partial charge in [-0.25, -0.2) is 4.79 Å². The van der Waals surface area contributed by atoms with E-state index < -0.39 is 49.1 Å². The average molecular weight is 466 g/mol. The van der Waals surface area contributed by atoms with Crippen LogP contribution in [0.5, 0.6) is 5.75 Å². The van der Waals surface area contributed by atoms with Crippen molar-refractivity contribution in [2.24, 2.45) is 0 Å². The van der Waals surface area contributed by atoms with Gasteiger partial charge >= 0.3 is 11.9 Å². The van der Waals surface area contributed by atoms with E-state index in [1.807, 2.05) is 0 Å². The molecular formula is C23H30O10. The number of cyclic esters (lactones) is 1. The van der Waals surface area contributed by atoms with Crippen LogP contribution in [0.25, 0.3) is 0 Å². The first-order chi connectivity index (χ1) is 15.6. The molecule has 5 N–H and O–H groups in total. The number of carbonyl (C=O) groups excluding carboxylic acids is 1. The smallest absolute Gasteiger partial charge is 0.339 e. The Morgan fingerprint density at radius 1 is 1.18 bits per heavy atom. The van der Waals surface area contributed by atoms with E-state index in [-0.39, 0.29) is 30.6 Å². The summed E-state index contributed by atoms with van der Waals surface area (Å²) < 4.78 is 16.7. The summed E-state index contributed by atoms with van der Waals surface area (Å²) >= 11 is 0. The van der Waals surface area contributed by atoms with Gasteiger partial charge in [0, 0.05) is 23.1 Å². The van der Waals surface area contributed by atoms with Crippen molar-refractivity contribution in [3.8, 4) is 5.75 Å². The number of methoxy groups -OCH3 is 1. The maximum Gasteiger partial charge on any atom is 0.339 e. The molecule has 5 atom stereocenters.